The average molecular weight is 381 g/mol. The van der Waals surface area contributed by atoms with Crippen LogP contribution in [0.1, 0.15) is 29.8 Å². The van der Waals surface area contributed by atoms with Crippen molar-refractivity contribution in [2.24, 2.45) is 5.73 Å². The van der Waals surface area contributed by atoms with E-state index in [1.165, 1.54) is 11.3 Å². The number of para-hydroxylation sites is 1. The largest absolute Gasteiger partial charge is 0.349 e. The summed E-state index contributed by atoms with van der Waals surface area (Å²) in [6, 6.07) is 9.72. The molecule has 3 N–H and O–H groups in total. The number of hydrogen-bond acceptors (Lipinski definition) is 4. The summed E-state index contributed by atoms with van der Waals surface area (Å²) in [6.07, 6.45) is 5.94. The Labute approximate surface area is 159 Å². The molecule has 1 aromatic heterocycles. The lowest BCUT2D eigenvalue weighted by atomic mass is 10.2. The molecule has 2 aromatic rings. The van der Waals surface area contributed by atoms with Crippen molar-refractivity contribution in [1.82, 2.24) is 15.1 Å². The van der Waals surface area contributed by atoms with E-state index < -0.39 is 6.04 Å². The van der Waals surface area contributed by atoms with Gasteiger partial charge in [0.25, 0.3) is 0 Å². The highest BCUT2D eigenvalue weighted by Gasteiger charge is 2.23. The Hall–Kier alpha value is -1.50. The number of carbonyl (C=O) groups is 1. The van der Waals surface area contributed by atoms with Gasteiger partial charge in [0.15, 0.2) is 0 Å². The average Bonchev–Trinajstić information content (AvgIpc) is 3.21. The highest BCUT2D eigenvalue weighted by atomic mass is 35.5. The second-order valence-electron chi connectivity index (χ2n) is 6.08. The number of rotatable bonds is 7. The van der Waals surface area contributed by atoms with Gasteiger partial charge in [0, 0.05) is 5.69 Å². The first-order valence-corrected chi connectivity index (χ1v) is 9.77. The van der Waals surface area contributed by atoms with Gasteiger partial charge >= 0.3 is 0 Å². The third kappa shape index (κ3) is 4.57. The van der Waals surface area contributed by atoms with Gasteiger partial charge in [-0.3, -0.25) is 4.79 Å². The van der Waals surface area contributed by atoms with Crippen LogP contribution in [-0.2, 0) is 24.2 Å². The lowest BCUT2D eigenvalue weighted by Crippen LogP contribution is -2.40. The number of halogens is 1. The summed E-state index contributed by atoms with van der Waals surface area (Å²) in [4.78, 5) is 12.1. The number of thioether (sulfide) groups is 1. The maximum absolute atomic E-state index is 12.1. The van der Waals surface area contributed by atoms with Crippen LogP contribution in [0.2, 0.25) is 0 Å². The lowest BCUT2D eigenvalue weighted by molar-refractivity contribution is -0.122. The van der Waals surface area contributed by atoms with Crippen molar-refractivity contribution in [3.8, 4) is 5.69 Å². The zero-order valence-corrected chi connectivity index (χ0v) is 16.0. The molecule has 25 heavy (non-hydrogen) atoms. The summed E-state index contributed by atoms with van der Waals surface area (Å²) in [6.45, 7) is 0.452. The predicted octanol–water partition coefficient (Wildman–Crippen LogP) is 2.48. The molecule has 0 spiro atoms. The van der Waals surface area contributed by atoms with Gasteiger partial charge in [-0.1, -0.05) is 18.2 Å². The molecule has 0 aliphatic heterocycles. The van der Waals surface area contributed by atoms with Crippen molar-refractivity contribution < 1.29 is 4.79 Å². The number of benzene rings is 1. The first-order chi connectivity index (χ1) is 11.7. The molecular formula is C18H25ClN4OS. The van der Waals surface area contributed by atoms with Gasteiger partial charge in [0.1, 0.15) is 0 Å². The van der Waals surface area contributed by atoms with E-state index in [-0.39, 0.29) is 18.3 Å². The normalized spacial score (nSPS) is 13.8. The summed E-state index contributed by atoms with van der Waals surface area (Å²) in [5.74, 6) is 0.803. The van der Waals surface area contributed by atoms with Gasteiger partial charge in [-0.15, -0.1) is 12.4 Å². The first-order valence-electron chi connectivity index (χ1n) is 8.38. The molecule has 1 atom stereocenters. The molecule has 1 aromatic carbocycles. The molecular weight excluding hydrogens is 356 g/mol. The minimum atomic E-state index is -0.443. The fourth-order valence-corrected chi connectivity index (χ4v) is 3.61. The van der Waals surface area contributed by atoms with E-state index in [2.05, 4.69) is 17.4 Å². The van der Waals surface area contributed by atoms with Crippen LogP contribution in [-0.4, -0.2) is 33.7 Å². The fourth-order valence-electron chi connectivity index (χ4n) is 3.12. The maximum Gasteiger partial charge on any atom is 0.237 e. The van der Waals surface area contributed by atoms with Crippen molar-refractivity contribution in [2.75, 3.05) is 12.0 Å². The molecule has 7 heteroatoms. The molecule has 0 saturated carbocycles. The van der Waals surface area contributed by atoms with Crippen LogP contribution in [0.4, 0.5) is 0 Å². The Bertz CT molecular complexity index is 705. The van der Waals surface area contributed by atoms with E-state index in [0.717, 1.165) is 36.4 Å². The summed E-state index contributed by atoms with van der Waals surface area (Å²) < 4.78 is 2.03. The lowest BCUT2D eigenvalue weighted by Gasteiger charge is -2.11. The molecule has 1 amide bonds. The molecule has 1 aliphatic carbocycles. The Morgan fingerprint density at radius 3 is 2.84 bits per heavy atom. The SMILES string of the molecule is CSCCC(N)C(=O)NCc1nn(-c2ccccc2)c2c1CCC2.Cl. The van der Waals surface area contributed by atoms with Crippen LogP contribution in [0.25, 0.3) is 5.69 Å². The number of nitrogens with one attached hydrogen (secondary N) is 1. The standard InChI is InChI=1S/C18H24N4OS.ClH/c1-24-11-10-15(19)18(23)20-12-16-14-8-5-9-17(14)22(21-16)13-6-3-2-4-7-13;/h2-4,6-7,15H,5,8-12,19H2,1H3,(H,20,23);1H. The third-order valence-electron chi connectivity index (χ3n) is 4.41. The number of hydrogen-bond donors (Lipinski definition) is 2. The van der Waals surface area contributed by atoms with Gasteiger partial charge in [-0.25, -0.2) is 4.68 Å². The van der Waals surface area contributed by atoms with Crippen molar-refractivity contribution in [2.45, 2.75) is 38.3 Å². The molecule has 3 rings (SSSR count). The van der Waals surface area contributed by atoms with E-state index >= 15 is 0 Å². The van der Waals surface area contributed by atoms with Crippen LogP contribution in [0.15, 0.2) is 30.3 Å². The highest BCUT2D eigenvalue weighted by Crippen LogP contribution is 2.27. The van der Waals surface area contributed by atoms with Crippen LogP contribution >= 0.6 is 24.2 Å². The van der Waals surface area contributed by atoms with Crippen molar-refractivity contribution in [1.29, 1.82) is 0 Å². The molecule has 0 bridgehead atoms. The molecule has 0 radical (unpaired) electrons. The number of fused-ring (bicyclic) bond motifs is 1. The van der Waals surface area contributed by atoms with Crippen LogP contribution in [0.3, 0.4) is 0 Å². The number of amides is 1. The third-order valence-corrected chi connectivity index (χ3v) is 5.06. The first kappa shape index (κ1) is 19.8. The van der Waals surface area contributed by atoms with Crippen LogP contribution in [0, 0.1) is 0 Å². The topological polar surface area (TPSA) is 72.9 Å². The van der Waals surface area contributed by atoms with E-state index in [0.29, 0.717) is 13.0 Å². The Kier molecular flexibility index (Phi) is 7.35. The number of nitrogens with zero attached hydrogens (tertiary/aromatic N) is 2. The fraction of sp³-hybridized carbons (Fsp3) is 0.444. The smallest absolute Gasteiger partial charge is 0.237 e. The molecule has 0 fully saturated rings. The quantitative estimate of drug-likeness (QED) is 0.774. The molecule has 5 nitrogen and oxygen atoms in total. The Morgan fingerprint density at radius 1 is 1.36 bits per heavy atom. The summed E-state index contributed by atoms with van der Waals surface area (Å²) in [5.41, 5.74) is 10.5. The number of aromatic nitrogens is 2. The van der Waals surface area contributed by atoms with Gasteiger partial charge < -0.3 is 11.1 Å². The van der Waals surface area contributed by atoms with E-state index in [1.54, 1.807) is 11.8 Å². The monoisotopic (exact) mass is 380 g/mol. The maximum atomic E-state index is 12.1. The van der Waals surface area contributed by atoms with Gasteiger partial charge in [-0.05, 0) is 55.4 Å². The molecule has 0 saturated heterocycles. The van der Waals surface area contributed by atoms with Gasteiger partial charge in [-0.2, -0.15) is 16.9 Å². The minimum absolute atomic E-state index is 0. The molecule has 1 unspecified atom stereocenters. The summed E-state index contributed by atoms with van der Waals surface area (Å²) >= 11 is 1.70. The second kappa shape index (κ2) is 9.27. The Balaban J connectivity index is 0.00000225. The highest BCUT2D eigenvalue weighted by molar-refractivity contribution is 7.98. The van der Waals surface area contributed by atoms with E-state index in [1.807, 2.05) is 29.1 Å². The van der Waals surface area contributed by atoms with Crippen molar-refractivity contribution >= 4 is 30.1 Å². The minimum Gasteiger partial charge on any atom is -0.349 e. The molecule has 136 valence electrons. The predicted molar refractivity (Wildman–Crippen MR) is 106 cm³/mol. The van der Waals surface area contributed by atoms with E-state index in [4.69, 9.17) is 10.8 Å². The van der Waals surface area contributed by atoms with E-state index in [9.17, 15) is 4.79 Å². The molecule has 1 heterocycles. The van der Waals surface area contributed by atoms with Crippen LogP contribution < -0.4 is 11.1 Å². The molecule has 1 aliphatic rings. The zero-order chi connectivity index (χ0) is 16.9. The summed E-state index contributed by atoms with van der Waals surface area (Å²) in [5, 5.41) is 7.71. The van der Waals surface area contributed by atoms with Gasteiger partial charge in [0.05, 0.1) is 24.0 Å². The van der Waals surface area contributed by atoms with Gasteiger partial charge in [0.2, 0.25) is 5.91 Å². The van der Waals surface area contributed by atoms with Crippen molar-refractivity contribution in [3.05, 3.63) is 47.3 Å². The number of carbonyl (C=O) groups excluding carboxylic acids is 1. The number of nitrogens with two attached hydrogens (primary N) is 1. The van der Waals surface area contributed by atoms with Crippen molar-refractivity contribution in [3.63, 3.8) is 0 Å². The van der Waals surface area contributed by atoms with Crippen LogP contribution in [0.5, 0.6) is 0 Å². The summed E-state index contributed by atoms with van der Waals surface area (Å²) in [7, 11) is 0. The zero-order valence-electron chi connectivity index (χ0n) is 14.4. The second-order valence-corrected chi connectivity index (χ2v) is 7.06. The Morgan fingerprint density at radius 2 is 2.12 bits per heavy atom.